The number of ether oxygens (including phenoxy) is 1. The molecule has 7 nitrogen and oxygen atoms in total. The number of fused-ring (bicyclic) bond motifs is 1. The molecule has 0 aliphatic heterocycles. The molecule has 0 amide bonds. The lowest BCUT2D eigenvalue weighted by Gasteiger charge is -2.08. The lowest BCUT2D eigenvalue weighted by atomic mass is 10.3. The van der Waals surface area contributed by atoms with Gasteiger partial charge in [-0.1, -0.05) is 17.7 Å². The molecule has 0 bridgehead atoms. The third-order valence-electron chi connectivity index (χ3n) is 2.66. The summed E-state index contributed by atoms with van der Waals surface area (Å²) in [4.78, 5) is 18.7. The maximum Gasteiger partial charge on any atom is 0.313 e. The van der Waals surface area contributed by atoms with Crippen LogP contribution in [0.3, 0.4) is 0 Å². The van der Waals surface area contributed by atoms with Gasteiger partial charge in [0.15, 0.2) is 0 Å². The van der Waals surface area contributed by atoms with Gasteiger partial charge in [-0.3, -0.25) is 14.5 Å². The number of halogens is 2. The topological polar surface area (TPSA) is 82.6 Å². The lowest BCUT2D eigenvalue weighted by molar-refractivity contribution is -0.385. The predicted molar refractivity (Wildman–Crippen MR) is 78.9 cm³/mol. The highest BCUT2D eigenvalue weighted by atomic mass is 79.9. The summed E-state index contributed by atoms with van der Waals surface area (Å²) in [6, 6.07) is 4.29. The van der Waals surface area contributed by atoms with E-state index in [1.54, 1.807) is 23.0 Å². The van der Waals surface area contributed by atoms with Gasteiger partial charge in [0.05, 0.1) is 9.95 Å². The van der Waals surface area contributed by atoms with Crippen molar-refractivity contribution in [3.63, 3.8) is 0 Å². The summed E-state index contributed by atoms with van der Waals surface area (Å²) < 4.78 is 7.73. The van der Waals surface area contributed by atoms with Crippen LogP contribution in [0.5, 0.6) is 11.6 Å². The average molecular weight is 370 g/mol. The van der Waals surface area contributed by atoms with Crippen molar-refractivity contribution in [1.82, 2.24) is 14.4 Å². The van der Waals surface area contributed by atoms with E-state index in [-0.39, 0.29) is 22.3 Å². The Labute approximate surface area is 131 Å². The molecule has 2 aromatic heterocycles. The Morgan fingerprint density at radius 3 is 3.00 bits per heavy atom. The molecule has 0 radical (unpaired) electrons. The maximum atomic E-state index is 11.1. The molecule has 2 heterocycles. The van der Waals surface area contributed by atoms with Crippen LogP contribution < -0.4 is 4.74 Å². The van der Waals surface area contributed by atoms with Gasteiger partial charge in [-0.2, -0.15) is 0 Å². The molecule has 0 aliphatic carbocycles. The number of para-hydroxylation sites is 1. The molecule has 0 atom stereocenters. The Bertz CT molecular complexity index is 852. The van der Waals surface area contributed by atoms with Crippen molar-refractivity contribution < 1.29 is 9.66 Å². The zero-order valence-electron chi connectivity index (χ0n) is 10.2. The van der Waals surface area contributed by atoms with E-state index in [9.17, 15) is 10.1 Å². The van der Waals surface area contributed by atoms with E-state index in [2.05, 4.69) is 25.9 Å². The summed E-state index contributed by atoms with van der Waals surface area (Å²) >= 11 is 9.23. The van der Waals surface area contributed by atoms with Crippen LogP contribution >= 0.6 is 27.5 Å². The lowest BCUT2D eigenvalue weighted by Crippen LogP contribution is -1.98. The summed E-state index contributed by atoms with van der Waals surface area (Å²) in [5.41, 5.74) is 0.182. The first-order chi connectivity index (χ1) is 10.1. The number of hydrogen-bond donors (Lipinski definition) is 0. The van der Waals surface area contributed by atoms with E-state index in [0.29, 0.717) is 10.3 Å². The van der Waals surface area contributed by atoms with Gasteiger partial charge in [0.2, 0.25) is 11.4 Å². The molecule has 0 saturated heterocycles. The standard InChI is InChI=1S/C12H6BrClN4O3/c13-9-6-17-5-4-15-11(17)12(16-9)21-10-7(14)2-1-3-8(10)18(19)20/h1-6H. The number of nitro benzene ring substituents is 1. The second-order valence-corrected chi connectivity index (χ2v) is 5.19. The number of hydrogen-bond acceptors (Lipinski definition) is 5. The third kappa shape index (κ3) is 2.55. The molecule has 0 saturated carbocycles. The van der Waals surface area contributed by atoms with Gasteiger partial charge in [0, 0.05) is 24.7 Å². The smallest absolute Gasteiger partial charge is 0.313 e. The Kier molecular flexibility index (Phi) is 3.48. The highest BCUT2D eigenvalue weighted by Crippen LogP contribution is 2.38. The van der Waals surface area contributed by atoms with Gasteiger partial charge in [0.25, 0.3) is 5.88 Å². The minimum absolute atomic E-state index is 0.0698. The highest BCUT2D eigenvalue weighted by molar-refractivity contribution is 9.10. The van der Waals surface area contributed by atoms with E-state index < -0.39 is 4.92 Å². The van der Waals surface area contributed by atoms with Gasteiger partial charge in [-0.25, -0.2) is 9.97 Å². The van der Waals surface area contributed by atoms with Crippen LogP contribution in [0.1, 0.15) is 0 Å². The number of nitrogens with zero attached hydrogens (tertiary/aromatic N) is 4. The zero-order chi connectivity index (χ0) is 15.0. The van der Waals surface area contributed by atoms with Crippen LogP contribution in [0.4, 0.5) is 5.69 Å². The Hall–Kier alpha value is -2.19. The highest BCUT2D eigenvalue weighted by Gasteiger charge is 2.21. The quantitative estimate of drug-likeness (QED) is 0.517. The fourth-order valence-corrected chi connectivity index (χ4v) is 2.37. The Balaban J connectivity index is 2.15. The van der Waals surface area contributed by atoms with Gasteiger partial charge in [-0.05, 0) is 22.0 Å². The van der Waals surface area contributed by atoms with Crippen molar-refractivity contribution in [2.45, 2.75) is 0 Å². The SMILES string of the molecule is O=[N+]([O-])c1cccc(Cl)c1Oc1nc(Br)cn2ccnc12. The normalized spacial score (nSPS) is 10.8. The first kappa shape index (κ1) is 13.8. The van der Waals surface area contributed by atoms with Crippen LogP contribution in [0.25, 0.3) is 5.65 Å². The first-order valence-corrected chi connectivity index (χ1v) is 6.83. The van der Waals surface area contributed by atoms with Crippen LogP contribution in [0, 0.1) is 10.1 Å². The summed E-state index contributed by atoms with van der Waals surface area (Å²) in [6.45, 7) is 0. The molecule has 3 rings (SSSR count). The molecule has 1 aromatic carbocycles. The van der Waals surface area contributed by atoms with Gasteiger partial charge in [0.1, 0.15) is 4.60 Å². The monoisotopic (exact) mass is 368 g/mol. The average Bonchev–Trinajstić information content (AvgIpc) is 2.88. The van der Waals surface area contributed by atoms with Crippen molar-refractivity contribution in [3.8, 4) is 11.6 Å². The Morgan fingerprint density at radius 2 is 2.24 bits per heavy atom. The minimum Gasteiger partial charge on any atom is -0.427 e. The molecule has 3 aromatic rings. The maximum absolute atomic E-state index is 11.1. The van der Waals surface area contributed by atoms with Gasteiger partial charge in [-0.15, -0.1) is 0 Å². The molecule has 0 fully saturated rings. The molecule has 0 unspecified atom stereocenters. The fourth-order valence-electron chi connectivity index (χ4n) is 1.78. The first-order valence-electron chi connectivity index (χ1n) is 5.66. The second kappa shape index (κ2) is 5.30. The molecular formula is C12H6BrClN4O3. The number of nitro groups is 1. The zero-order valence-corrected chi connectivity index (χ0v) is 12.6. The van der Waals surface area contributed by atoms with Gasteiger partial charge >= 0.3 is 5.69 Å². The summed E-state index contributed by atoms with van der Waals surface area (Å²) in [6.07, 6.45) is 4.96. The fraction of sp³-hybridized carbons (Fsp3) is 0. The molecule has 0 spiro atoms. The number of rotatable bonds is 3. The molecule has 0 aliphatic rings. The molecule has 106 valence electrons. The van der Waals surface area contributed by atoms with Crippen molar-refractivity contribution in [3.05, 3.63) is 56.5 Å². The van der Waals surface area contributed by atoms with Gasteiger partial charge < -0.3 is 4.74 Å². The summed E-state index contributed by atoms with van der Waals surface area (Å²) in [5.74, 6) is 0.0465. The van der Waals surface area contributed by atoms with E-state index in [4.69, 9.17) is 16.3 Å². The van der Waals surface area contributed by atoms with Crippen LogP contribution in [0.2, 0.25) is 5.02 Å². The van der Waals surface area contributed by atoms with E-state index >= 15 is 0 Å². The van der Waals surface area contributed by atoms with Crippen molar-refractivity contribution >= 4 is 38.9 Å². The van der Waals surface area contributed by atoms with Crippen LogP contribution in [-0.4, -0.2) is 19.3 Å². The summed E-state index contributed by atoms with van der Waals surface area (Å²) in [5, 5.41) is 11.2. The number of benzene rings is 1. The molecule has 0 N–H and O–H groups in total. The number of imidazole rings is 1. The Morgan fingerprint density at radius 1 is 1.43 bits per heavy atom. The van der Waals surface area contributed by atoms with E-state index in [1.807, 2.05) is 0 Å². The number of aromatic nitrogens is 3. The van der Waals surface area contributed by atoms with Crippen LogP contribution in [-0.2, 0) is 0 Å². The third-order valence-corrected chi connectivity index (χ3v) is 3.34. The minimum atomic E-state index is -0.568. The van der Waals surface area contributed by atoms with E-state index in [1.165, 1.54) is 18.2 Å². The van der Waals surface area contributed by atoms with Crippen molar-refractivity contribution in [2.75, 3.05) is 0 Å². The van der Waals surface area contributed by atoms with Crippen LogP contribution in [0.15, 0.2) is 41.4 Å². The second-order valence-electron chi connectivity index (χ2n) is 3.97. The van der Waals surface area contributed by atoms with Crippen molar-refractivity contribution in [1.29, 1.82) is 0 Å². The molecule has 21 heavy (non-hydrogen) atoms. The van der Waals surface area contributed by atoms with Crippen molar-refractivity contribution in [2.24, 2.45) is 0 Å². The van der Waals surface area contributed by atoms with E-state index in [0.717, 1.165) is 0 Å². The molecule has 9 heteroatoms. The molecular weight excluding hydrogens is 364 g/mol. The summed E-state index contributed by atoms with van der Waals surface area (Å²) in [7, 11) is 0. The predicted octanol–water partition coefficient (Wildman–Crippen LogP) is 3.85. The largest absolute Gasteiger partial charge is 0.427 e.